The molecule has 0 radical (unpaired) electrons. The van der Waals surface area contributed by atoms with E-state index in [0.29, 0.717) is 6.54 Å². The van der Waals surface area contributed by atoms with Crippen molar-refractivity contribution in [2.45, 2.75) is 50.3 Å². The summed E-state index contributed by atoms with van der Waals surface area (Å²) in [5.74, 6) is 0.0413. The first kappa shape index (κ1) is 19.4. The van der Waals surface area contributed by atoms with Gasteiger partial charge in [-0.1, -0.05) is 18.9 Å². The first-order valence-electron chi connectivity index (χ1n) is 8.04. The molecule has 1 amide bonds. The van der Waals surface area contributed by atoms with Crippen LogP contribution >= 0.6 is 0 Å². The van der Waals surface area contributed by atoms with Crippen molar-refractivity contribution in [3.05, 3.63) is 12.2 Å². The van der Waals surface area contributed by atoms with Crippen LogP contribution in [0.25, 0.3) is 0 Å². The van der Waals surface area contributed by atoms with E-state index in [2.05, 4.69) is 0 Å². The van der Waals surface area contributed by atoms with Gasteiger partial charge in [-0.05, 0) is 38.3 Å². The second kappa shape index (κ2) is 8.81. The lowest BCUT2D eigenvalue weighted by atomic mass is 10.1. The van der Waals surface area contributed by atoms with Crippen molar-refractivity contribution in [2.75, 3.05) is 34.9 Å². The number of allylic oxidation sites excluding steroid dienone is 1. The van der Waals surface area contributed by atoms with Gasteiger partial charge in [0, 0.05) is 34.9 Å². The molecule has 1 atom stereocenters. The Morgan fingerprint density at radius 2 is 1.95 bits per heavy atom. The second-order valence-electron chi connectivity index (χ2n) is 5.93. The molecule has 1 fully saturated rings. The van der Waals surface area contributed by atoms with Gasteiger partial charge in [0.25, 0.3) is 0 Å². The third-order valence-electron chi connectivity index (χ3n) is 4.84. The highest BCUT2D eigenvalue weighted by Crippen LogP contribution is 2.42. The van der Waals surface area contributed by atoms with Gasteiger partial charge < -0.3 is 18.5 Å². The lowest BCUT2D eigenvalue weighted by Crippen LogP contribution is -2.64. The van der Waals surface area contributed by atoms with Crippen LogP contribution in [-0.4, -0.2) is 59.5 Å². The van der Waals surface area contributed by atoms with Crippen LogP contribution in [0.1, 0.15) is 39.0 Å². The quantitative estimate of drug-likeness (QED) is 0.507. The van der Waals surface area contributed by atoms with Crippen molar-refractivity contribution in [1.29, 1.82) is 0 Å². The minimum Gasteiger partial charge on any atom is -0.396 e. The van der Waals surface area contributed by atoms with Crippen molar-refractivity contribution in [2.24, 2.45) is 0 Å². The van der Waals surface area contributed by atoms with Crippen LogP contribution in [-0.2, 0) is 18.4 Å². The molecule has 1 aliphatic heterocycles. The van der Waals surface area contributed by atoms with Crippen LogP contribution < -0.4 is 0 Å². The molecule has 0 N–H and O–H groups in total. The predicted octanol–water partition coefficient (Wildman–Crippen LogP) is 2.64. The number of carbonyl (C=O) groups excluding carboxylic acids is 1. The Bertz CT molecular complexity index is 384. The molecule has 0 saturated carbocycles. The number of amides is 1. The van der Waals surface area contributed by atoms with Crippen LogP contribution in [0.15, 0.2) is 12.2 Å². The van der Waals surface area contributed by atoms with Gasteiger partial charge in [-0.2, -0.15) is 0 Å². The number of ether oxygens (including phenoxy) is 1. The summed E-state index contributed by atoms with van der Waals surface area (Å²) in [6.07, 6.45) is 8.37. The Kier molecular flexibility index (Phi) is 7.75. The van der Waals surface area contributed by atoms with Gasteiger partial charge in [0.05, 0.1) is 0 Å². The smallest absolute Gasteiger partial charge is 0.370 e. The van der Waals surface area contributed by atoms with Gasteiger partial charge >= 0.3 is 8.56 Å². The molecule has 0 aromatic rings. The summed E-state index contributed by atoms with van der Waals surface area (Å²) < 4.78 is 17.7. The van der Waals surface area contributed by atoms with Crippen molar-refractivity contribution in [1.82, 2.24) is 4.90 Å². The molecule has 5 nitrogen and oxygen atoms in total. The normalized spacial score (nSPS) is 24.6. The standard InChI is InChI=1S/C16H31NO4Si/c1-6-10-15(18)17(2)13-9-12-16(19-3)11-7-8-14-22(16,20-4)21-5/h6,10H,7-9,11-14H2,1-5H3. The Labute approximate surface area is 135 Å². The highest BCUT2D eigenvalue weighted by molar-refractivity contribution is 6.70. The molecule has 1 unspecified atom stereocenters. The zero-order valence-corrected chi connectivity index (χ0v) is 15.7. The van der Waals surface area contributed by atoms with Crippen molar-refractivity contribution < 1.29 is 18.4 Å². The molecule has 1 heterocycles. The molecule has 128 valence electrons. The van der Waals surface area contributed by atoms with E-state index in [1.807, 2.05) is 14.0 Å². The molecular weight excluding hydrogens is 298 g/mol. The van der Waals surface area contributed by atoms with Crippen LogP contribution in [0.5, 0.6) is 0 Å². The minimum atomic E-state index is -2.36. The summed E-state index contributed by atoms with van der Waals surface area (Å²) in [6, 6.07) is 0.973. The van der Waals surface area contributed by atoms with E-state index in [0.717, 1.165) is 38.1 Å². The van der Waals surface area contributed by atoms with E-state index in [4.69, 9.17) is 13.6 Å². The molecule has 0 aromatic carbocycles. The first-order valence-corrected chi connectivity index (χ1v) is 10.1. The Morgan fingerprint density at radius 3 is 2.50 bits per heavy atom. The zero-order chi connectivity index (χ0) is 16.6. The maximum Gasteiger partial charge on any atom is 0.370 e. The number of hydrogen-bond donors (Lipinski definition) is 0. The second-order valence-corrected chi connectivity index (χ2v) is 9.66. The minimum absolute atomic E-state index is 0.0413. The molecule has 6 heteroatoms. The monoisotopic (exact) mass is 329 g/mol. The van der Waals surface area contributed by atoms with Crippen LogP contribution in [0.2, 0.25) is 6.04 Å². The Hall–Kier alpha value is -0.693. The van der Waals surface area contributed by atoms with Crippen LogP contribution in [0.3, 0.4) is 0 Å². The zero-order valence-electron chi connectivity index (χ0n) is 14.7. The molecule has 0 aromatic heterocycles. The third kappa shape index (κ3) is 3.98. The maximum atomic E-state index is 11.8. The van der Waals surface area contributed by atoms with Gasteiger partial charge in [-0.3, -0.25) is 4.79 Å². The van der Waals surface area contributed by atoms with E-state index >= 15 is 0 Å². The fraction of sp³-hybridized carbons (Fsp3) is 0.812. The molecule has 0 bridgehead atoms. The fourth-order valence-corrected chi connectivity index (χ4v) is 7.42. The molecule has 0 aliphatic carbocycles. The van der Waals surface area contributed by atoms with E-state index in [1.165, 1.54) is 0 Å². The number of hydrogen-bond acceptors (Lipinski definition) is 4. The summed E-state index contributed by atoms with van der Waals surface area (Å²) >= 11 is 0. The molecule has 0 spiro atoms. The van der Waals surface area contributed by atoms with E-state index in [-0.39, 0.29) is 11.1 Å². The van der Waals surface area contributed by atoms with Gasteiger partial charge in [0.15, 0.2) is 0 Å². The molecule has 1 saturated heterocycles. The lowest BCUT2D eigenvalue weighted by molar-refractivity contribution is -0.125. The van der Waals surface area contributed by atoms with Crippen LogP contribution in [0, 0.1) is 0 Å². The molecule has 1 rings (SSSR count). The Balaban J connectivity index is 2.71. The predicted molar refractivity (Wildman–Crippen MR) is 89.9 cm³/mol. The molecule has 22 heavy (non-hydrogen) atoms. The van der Waals surface area contributed by atoms with Gasteiger partial charge in [0.1, 0.15) is 5.22 Å². The van der Waals surface area contributed by atoms with Crippen molar-refractivity contribution >= 4 is 14.5 Å². The van der Waals surface area contributed by atoms with Gasteiger partial charge in [0.2, 0.25) is 5.91 Å². The summed E-state index contributed by atoms with van der Waals surface area (Å²) in [5.41, 5.74) is 0. The molecular formula is C16H31NO4Si. The van der Waals surface area contributed by atoms with E-state index < -0.39 is 8.56 Å². The van der Waals surface area contributed by atoms with Crippen molar-refractivity contribution in [3.63, 3.8) is 0 Å². The lowest BCUT2D eigenvalue weighted by Gasteiger charge is -2.48. The number of likely N-dealkylation sites (N-methyl/N-ethyl adjacent to an activating group) is 1. The SMILES string of the molecule is CC=CC(=O)N(C)CCCC1(OC)CCCC[Si]1(OC)OC. The summed E-state index contributed by atoms with van der Waals surface area (Å²) in [5, 5.41) is -0.306. The van der Waals surface area contributed by atoms with Crippen LogP contribution in [0.4, 0.5) is 0 Å². The summed E-state index contributed by atoms with van der Waals surface area (Å²) in [6.45, 7) is 2.57. The first-order chi connectivity index (χ1) is 10.5. The molecule has 1 aliphatic rings. The third-order valence-corrected chi connectivity index (χ3v) is 9.26. The highest BCUT2D eigenvalue weighted by atomic mass is 28.4. The topological polar surface area (TPSA) is 48.0 Å². The van der Waals surface area contributed by atoms with Gasteiger partial charge in [-0.15, -0.1) is 0 Å². The summed E-state index contributed by atoms with van der Waals surface area (Å²) in [4.78, 5) is 13.5. The van der Waals surface area contributed by atoms with Crippen molar-refractivity contribution in [3.8, 4) is 0 Å². The number of nitrogens with zero attached hydrogens (tertiary/aromatic N) is 1. The average molecular weight is 330 g/mol. The maximum absolute atomic E-state index is 11.8. The number of methoxy groups -OCH3 is 1. The number of carbonyl (C=O) groups is 1. The van der Waals surface area contributed by atoms with Gasteiger partial charge in [-0.25, -0.2) is 0 Å². The highest BCUT2D eigenvalue weighted by Gasteiger charge is 2.58. The van der Waals surface area contributed by atoms with E-state index in [9.17, 15) is 4.79 Å². The number of rotatable bonds is 8. The average Bonchev–Trinajstić information content (AvgIpc) is 2.55. The fourth-order valence-electron chi connectivity index (χ4n) is 3.50. The van der Waals surface area contributed by atoms with E-state index in [1.54, 1.807) is 38.4 Å². The largest absolute Gasteiger partial charge is 0.396 e. The summed E-state index contributed by atoms with van der Waals surface area (Å²) in [7, 11) is 4.73. The Morgan fingerprint density at radius 1 is 1.27 bits per heavy atom.